The van der Waals surface area contributed by atoms with E-state index in [9.17, 15) is 33.2 Å². The molecule has 0 atom stereocenters. The van der Waals surface area contributed by atoms with Crippen LogP contribution >= 0.6 is 35.0 Å². The molecule has 1 amide bonds. The van der Waals surface area contributed by atoms with E-state index in [0.717, 1.165) is 17.0 Å². The van der Waals surface area contributed by atoms with Crippen LogP contribution in [-0.4, -0.2) is 46.1 Å². The van der Waals surface area contributed by atoms with Crippen molar-refractivity contribution in [3.05, 3.63) is 79.1 Å². The molecule has 0 saturated carbocycles. The quantitative estimate of drug-likeness (QED) is 0.219. The Morgan fingerprint density at radius 2 is 1.94 bits per heavy atom. The number of hydrogen-bond acceptors (Lipinski definition) is 7. The zero-order valence-corrected chi connectivity index (χ0v) is 19.6. The van der Waals surface area contributed by atoms with Gasteiger partial charge in [0.15, 0.2) is 17.5 Å². The van der Waals surface area contributed by atoms with E-state index in [4.69, 9.17) is 5.73 Å². The molecule has 9 nitrogen and oxygen atoms in total. The van der Waals surface area contributed by atoms with Crippen LogP contribution in [0.5, 0.6) is 0 Å². The van der Waals surface area contributed by atoms with Crippen LogP contribution < -0.4 is 16.4 Å². The first-order valence-corrected chi connectivity index (χ1v) is 10.1. The Bertz CT molecular complexity index is 1120. The molecule has 2 aromatic carbocycles. The summed E-state index contributed by atoms with van der Waals surface area (Å²) in [4.78, 5) is 23.6. The molecule has 1 fully saturated rings. The summed E-state index contributed by atoms with van der Waals surface area (Å²) >= 11 is 1.89. The molecule has 178 valence electrons. The third kappa shape index (κ3) is 6.17. The maximum absolute atomic E-state index is 14.5. The van der Waals surface area contributed by atoms with Gasteiger partial charge in [0.2, 0.25) is 0 Å². The summed E-state index contributed by atoms with van der Waals surface area (Å²) in [7, 11) is 0. The van der Waals surface area contributed by atoms with Gasteiger partial charge < -0.3 is 26.4 Å². The van der Waals surface area contributed by atoms with E-state index in [1.807, 2.05) is 22.6 Å². The number of likely N-dealkylation sites (tertiary alicyclic amines) is 1. The number of nitrogens with two attached hydrogens (primary N) is 1. The average Bonchev–Trinajstić information content (AvgIpc) is 2.68. The highest BCUT2D eigenvalue weighted by molar-refractivity contribution is 14.1. The van der Waals surface area contributed by atoms with Crippen molar-refractivity contribution in [2.45, 2.75) is 5.60 Å². The van der Waals surface area contributed by atoms with Crippen LogP contribution in [0.3, 0.4) is 0 Å². The molecule has 0 aliphatic carbocycles. The third-order valence-corrected chi connectivity index (χ3v) is 5.31. The van der Waals surface area contributed by atoms with E-state index < -0.39 is 39.6 Å². The van der Waals surface area contributed by atoms with Gasteiger partial charge in [0.05, 0.1) is 35.0 Å². The zero-order chi connectivity index (χ0) is 23.6. The summed E-state index contributed by atoms with van der Waals surface area (Å²) in [5.74, 6) is -4.31. The van der Waals surface area contributed by atoms with E-state index in [1.54, 1.807) is 6.07 Å². The molecule has 0 radical (unpaired) electrons. The molecule has 3 rings (SSSR count). The highest BCUT2D eigenvalue weighted by Crippen LogP contribution is 2.31. The minimum absolute atomic E-state index is 0. The van der Waals surface area contributed by atoms with Crippen molar-refractivity contribution in [3.63, 3.8) is 0 Å². The predicted molar refractivity (Wildman–Crippen MR) is 124 cm³/mol. The summed E-state index contributed by atoms with van der Waals surface area (Å²) < 4.78 is 43.1. The lowest BCUT2D eigenvalue weighted by Gasteiger charge is -2.46. The first kappa shape index (κ1) is 26.5. The Kier molecular flexibility index (Phi) is 8.37. The largest absolute Gasteiger partial charge is 0.384 e. The van der Waals surface area contributed by atoms with E-state index in [-0.39, 0.29) is 49.1 Å². The lowest BCUT2D eigenvalue weighted by molar-refractivity contribution is -0.403. The summed E-state index contributed by atoms with van der Waals surface area (Å²) in [6.07, 6.45) is 0.522. The topological polar surface area (TPSA) is 134 Å². The number of nitrogens with one attached hydrogen (secondary N) is 2. The number of rotatable bonds is 7. The number of carbonyl (C=O) groups is 1. The number of carbonyl (C=O) groups excluding carboxylic acids is 1. The van der Waals surface area contributed by atoms with Gasteiger partial charge >= 0.3 is 0 Å². The molecule has 1 aliphatic rings. The Balaban J connectivity index is 0.00000385. The zero-order valence-electron chi connectivity index (χ0n) is 16.6. The number of benzene rings is 2. The van der Waals surface area contributed by atoms with Gasteiger partial charge in [-0.15, -0.1) is 12.4 Å². The van der Waals surface area contributed by atoms with E-state index >= 15 is 0 Å². The van der Waals surface area contributed by atoms with Gasteiger partial charge in [-0.2, -0.15) is 0 Å². The van der Waals surface area contributed by atoms with Gasteiger partial charge in [0.25, 0.3) is 12.1 Å². The fourth-order valence-corrected chi connectivity index (χ4v) is 3.55. The molecule has 0 spiro atoms. The fourth-order valence-electron chi connectivity index (χ4n) is 3.09. The maximum Gasteiger partial charge on any atom is 0.273 e. The van der Waals surface area contributed by atoms with E-state index in [1.165, 1.54) is 12.1 Å². The Labute approximate surface area is 205 Å². The van der Waals surface area contributed by atoms with E-state index in [2.05, 4.69) is 10.6 Å². The van der Waals surface area contributed by atoms with E-state index in [0.29, 0.717) is 9.77 Å². The molecule has 0 unspecified atom stereocenters. The Morgan fingerprint density at radius 3 is 2.55 bits per heavy atom. The molecule has 2 aromatic rings. The Morgan fingerprint density at radius 1 is 1.27 bits per heavy atom. The van der Waals surface area contributed by atoms with Gasteiger partial charge in [0.1, 0.15) is 11.4 Å². The molecule has 33 heavy (non-hydrogen) atoms. The predicted octanol–water partition coefficient (Wildman–Crippen LogP) is 2.68. The van der Waals surface area contributed by atoms with Crippen molar-refractivity contribution in [2.24, 2.45) is 5.73 Å². The summed E-state index contributed by atoms with van der Waals surface area (Å²) in [6.45, 7) is -0.564. The van der Waals surface area contributed by atoms with Crippen LogP contribution in [-0.2, 0) is 0 Å². The number of amides is 1. The van der Waals surface area contributed by atoms with Crippen molar-refractivity contribution >= 4 is 52.3 Å². The standard InChI is InChI=1S/C19H17F3IN5O4.ClH/c20-12-3-2-11(17(16(12)22)26-14-4-1-10(23)5-13(14)21)18(29)27-8-19(30,9-27)7-25-15(24)6-28(31)32;/h1-6,25-26,30H,7-9,24H2;1H. The fraction of sp³-hybridized carbons (Fsp3) is 0.211. The highest BCUT2D eigenvalue weighted by atomic mass is 127. The second kappa shape index (κ2) is 10.4. The average molecular weight is 600 g/mol. The highest BCUT2D eigenvalue weighted by Gasteiger charge is 2.44. The second-order valence-corrected chi connectivity index (χ2v) is 8.39. The molecule has 1 aliphatic heterocycles. The number of β-amino-alcohol motifs (C(OH)–C–C–N with tert-alkyl or cyclic N) is 1. The number of nitro groups is 1. The van der Waals surface area contributed by atoms with Gasteiger partial charge in [-0.05, 0) is 52.9 Å². The smallest absolute Gasteiger partial charge is 0.273 e. The van der Waals surface area contributed by atoms with Gasteiger partial charge in [0, 0.05) is 10.1 Å². The van der Waals surface area contributed by atoms with Crippen molar-refractivity contribution in [1.29, 1.82) is 0 Å². The van der Waals surface area contributed by atoms with Crippen LogP contribution in [0, 0.1) is 31.1 Å². The first-order chi connectivity index (χ1) is 15.0. The first-order valence-electron chi connectivity index (χ1n) is 9.05. The van der Waals surface area contributed by atoms with Crippen molar-refractivity contribution in [2.75, 3.05) is 25.0 Å². The maximum atomic E-state index is 14.5. The normalized spacial score (nSPS) is 14.7. The van der Waals surface area contributed by atoms with Gasteiger partial charge in [-0.1, -0.05) is 0 Å². The SMILES string of the molecule is Cl.NC(=C[N+](=O)[O-])NCC1(O)CN(C(=O)c2ccc(F)c(F)c2Nc2ccc(I)cc2F)C1. The second-order valence-electron chi connectivity index (χ2n) is 7.14. The Hall–Kier alpha value is -2.78. The van der Waals surface area contributed by atoms with Crippen LogP contribution in [0.2, 0.25) is 0 Å². The number of nitrogens with zero attached hydrogens (tertiary/aromatic N) is 2. The minimum atomic E-state index is -1.43. The van der Waals surface area contributed by atoms with Gasteiger partial charge in [-0.3, -0.25) is 14.9 Å². The van der Waals surface area contributed by atoms with Crippen molar-refractivity contribution in [3.8, 4) is 0 Å². The third-order valence-electron chi connectivity index (χ3n) is 4.64. The van der Waals surface area contributed by atoms with Crippen LogP contribution in [0.25, 0.3) is 0 Å². The molecular formula is C19H18ClF3IN5O4. The monoisotopic (exact) mass is 599 g/mol. The van der Waals surface area contributed by atoms with Crippen LogP contribution in [0.15, 0.2) is 42.4 Å². The molecule has 1 saturated heterocycles. The number of aliphatic hydroxyl groups is 1. The summed E-state index contributed by atoms with van der Waals surface area (Å²) in [6, 6.07) is 5.89. The van der Waals surface area contributed by atoms with Crippen molar-refractivity contribution < 1.29 is 28.0 Å². The lowest BCUT2D eigenvalue weighted by Crippen LogP contribution is -2.67. The molecular weight excluding hydrogens is 582 g/mol. The molecule has 1 heterocycles. The van der Waals surface area contributed by atoms with Crippen molar-refractivity contribution in [1.82, 2.24) is 10.2 Å². The molecule has 5 N–H and O–H groups in total. The minimum Gasteiger partial charge on any atom is -0.384 e. The summed E-state index contributed by atoms with van der Waals surface area (Å²) in [5.41, 5.74) is 3.01. The molecule has 0 aromatic heterocycles. The number of hydrogen-bond donors (Lipinski definition) is 4. The van der Waals surface area contributed by atoms with Crippen LogP contribution in [0.1, 0.15) is 10.4 Å². The molecule has 14 heteroatoms. The number of halogens is 5. The lowest BCUT2D eigenvalue weighted by atomic mass is 9.92. The van der Waals surface area contributed by atoms with Crippen LogP contribution in [0.4, 0.5) is 24.5 Å². The number of anilines is 2. The van der Waals surface area contributed by atoms with Gasteiger partial charge in [-0.25, -0.2) is 13.2 Å². The summed E-state index contributed by atoms with van der Waals surface area (Å²) in [5, 5.41) is 25.7. The molecule has 0 bridgehead atoms.